The van der Waals surface area contributed by atoms with Crippen LogP contribution in [0.4, 0.5) is 13.2 Å². The van der Waals surface area contributed by atoms with E-state index in [1.165, 1.54) is 0 Å². The highest BCUT2D eigenvalue weighted by Gasteiger charge is 2.38. The Kier molecular flexibility index (Phi) is 6.83. The minimum absolute atomic E-state index is 0.495. The van der Waals surface area contributed by atoms with Gasteiger partial charge in [-0.05, 0) is 18.2 Å². The maximum Gasteiger partial charge on any atom is 0.490 e. The Morgan fingerprint density at radius 1 is 1.10 bits per heavy atom. The summed E-state index contributed by atoms with van der Waals surface area (Å²) >= 11 is 0. The van der Waals surface area contributed by atoms with Gasteiger partial charge in [0.05, 0.1) is 12.2 Å². The lowest BCUT2D eigenvalue weighted by atomic mass is 10.1. The van der Waals surface area contributed by atoms with E-state index in [1.807, 2.05) is 47.7 Å². The van der Waals surface area contributed by atoms with E-state index in [2.05, 4.69) is 36.8 Å². The average molecular weight is 422 g/mol. The summed E-state index contributed by atoms with van der Waals surface area (Å²) in [5.41, 5.74) is 1.10. The fraction of sp³-hybridized carbons (Fsp3) is 0.368. The number of nitrogens with zero attached hydrogens (tertiary/aromatic N) is 6. The predicted octanol–water partition coefficient (Wildman–Crippen LogP) is 2.44. The summed E-state index contributed by atoms with van der Waals surface area (Å²) < 4.78 is 36.0. The van der Waals surface area contributed by atoms with Crippen molar-refractivity contribution in [2.45, 2.75) is 32.4 Å². The summed E-state index contributed by atoms with van der Waals surface area (Å²) in [6.45, 7) is 4.62. The fourth-order valence-corrected chi connectivity index (χ4v) is 3.25. The zero-order chi connectivity index (χ0) is 21.6. The van der Waals surface area contributed by atoms with Crippen molar-refractivity contribution < 1.29 is 23.1 Å². The van der Waals surface area contributed by atoms with Crippen LogP contribution in [0.2, 0.25) is 0 Å². The van der Waals surface area contributed by atoms with E-state index in [0.717, 1.165) is 44.2 Å². The SMILES string of the molecule is O=C(O)C(F)(F)F.c1ccc(CN2Cc3nccn3CC(Cn3cccn3)C2)nc1. The van der Waals surface area contributed by atoms with Crippen LogP contribution in [0.1, 0.15) is 11.5 Å². The third-order valence-electron chi connectivity index (χ3n) is 4.50. The van der Waals surface area contributed by atoms with E-state index in [1.54, 1.807) is 0 Å². The number of carboxylic acids is 1. The highest BCUT2D eigenvalue weighted by atomic mass is 19.4. The Labute approximate surface area is 170 Å². The first-order chi connectivity index (χ1) is 14.3. The number of rotatable bonds is 4. The van der Waals surface area contributed by atoms with Gasteiger partial charge in [0.25, 0.3) is 0 Å². The molecule has 0 bridgehead atoms. The maximum atomic E-state index is 10.6. The molecule has 0 fully saturated rings. The molecule has 0 saturated carbocycles. The number of hydrogen-bond acceptors (Lipinski definition) is 5. The highest BCUT2D eigenvalue weighted by Crippen LogP contribution is 2.18. The second-order valence-corrected chi connectivity index (χ2v) is 6.88. The van der Waals surface area contributed by atoms with Crippen LogP contribution in [0.5, 0.6) is 0 Å². The number of fused-ring (bicyclic) bond motifs is 1. The number of alkyl halides is 3. The average Bonchev–Trinajstić information content (AvgIpc) is 3.32. The molecule has 1 unspecified atom stereocenters. The molecule has 11 heteroatoms. The molecule has 4 heterocycles. The van der Waals surface area contributed by atoms with Crippen LogP contribution in [-0.4, -0.2) is 53.0 Å². The van der Waals surface area contributed by atoms with Crippen molar-refractivity contribution in [1.82, 2.24) is 29.2 Å². The Hall–Kier alpha value is -3.21. The van der Waals surface area contributed by atoms with Gasteiger partial charge in [-0.15, -0.1) is 0 Å². The molecule has 1 N–H and O–H groups in total. The van der Waals surface area contributed by atoms with Gasteiger partial charge in [-0.2, -0.15) is 18.3 Å². The quantitative estimate of drug-likeness (QED) is 0.695. The first-order valence-electron chi connectivity index (χ1n) is 9.21. The molecule has 1 aliphatic heterocycles. The fourth-order valence-electron chi connectivity index (χ4n) is 3.25. The predicted molar refractivity (Wildman–Crippen MR) is 100.0 cm³/mol. The number of pyridine rings is 1. The molecule has 160 valence electrons. The van der Waals surface area contributed by atoms with Gasteiger partial charge in [0.15, 0.2) is 0 Å². The Bertz CT molecular complexity index is 927. The third kappa shape index (κ3) is 6.14. The number of aliphatic carboxylic acids is 1. The number of imidazole rings is 1. The third-order valence-corrected chi connectivity index (χ3v) is 4.50. The first-order valence-corrected chi connectivity index (χ1v) is 9.21. The molecule has 8 nitrogen and oxygen atoms in total. The van der Waals surface area contributed by atoms with E-state index < -0.39 is 12.1 Å². The van der Waals surface area contributed by atoms with E-state index in [0.29, 0.717) is 5.92 Å². The van der Waals surface area contributed by atoms with E-state index >= 15 is 0 Å². The number of aromatic nitrogens is 5. The Morgan fingerprint density at radius 3 is 2.53 bits per heavy atom. The van der Waals surface area contributed by atoms with Crippen LogP contribution >= 0.6 is 0 Å². The molecule has 0 aliphatic carbocycles. The zero-order valence-corrected chi connectivity index (χ0v) is 16.0. The van der Waals surface area contributed by atoms with Gasteiger partial charge in [0.1, 0.15) is 5.82 Å². The first kappa shape index (κ1) is 21.5. The van der Waals surface area contributed by atoms with Crippen molar-refractivity contribution in [3.8, 4) is 0 Å². The van der Waals surface area contributed by atoms with Crippen molar-refractivity contribution in [1.29, 1.82) is 0 Å². The Balaban J connectivity index is 0.000000318. The van der Waals surface area contributed by atoms with Crippen molar-refractivity contribution in [3.05, 3.63) is 66.8 Å². The number of carbonyl (C=O) groups is 1. The van der Waals surface area contributed by atoms with Crippen molar-refractivity contribution >= 4 is 5.97 Å². The monoisotopic (exact) mass is 422 g/mol. The molecular weight excluding hydrogens is 401 g/mol. The van der Waals surface area contributed by atoms with Crippen LogP contribution in [0, 0.1) is 5.92 Å². The summed E-state index contributed by atoms with van der Waals surface area (Å²) in [6, 6.07) is 8.06. The van der Waals surface area contributed by atoms with Gasteiger partial charge < -0.3 is 9.67 Å². The minimum atomic E-state index is -5.08. The molecule has 1 atom stereocenters. The summed E-state index contributed by atoms with van der Waals surface area (Å²) in [7, 11) is 0. The summed E-state index contributed by atoms with van der Waals surface area (Å²) in [5.74, 6) is -1.13. The summed E-state index contributed by atoms with van der Waals surface area (Å²) in [5, 5.41) is 11.5. The van der Waals surface area contributed by atoms with Crippen LogP contribution in [0.25, 0.3) is 0 Å². The van der Waals surface area contributed by atoms with Crippen LogP contribution in [-0.2, 0) is 31.0 Å². The van der Waals surface area contributed by atoms with E-state index in [-0.39, 0.29) is 0 Å². The molecule has 0 saturated heterocycles. The Morgan fingerprint density at radius 2 is 1.90 bits per heavy atom. The number of halogens is 3. The molecular formula is C19H21F3N6O2. The van der Waals surface area contributed by atoms with Crippen LogP contribution < -0.4 is 0 Å². The maximum absolute atomic E-state index is 10.6. The van der Waals surface area contributed by atoms with Gasteiger partial charge in [0.2, 0.25) is 0 Å². The van der Waals surface area contributed by atoms with E-state index in [4.69, 9.17) is 9.90 Å². The normalized spacial score (nSPS) is 16.8. The standard InChI is InChI=1S/C17H20N6.C2HF3O2/c1-2-5-18-16(4-1)13-21-10-15(12-23-8-3-6-20-23)11-22-9-7-19-17(22)14-21;3-2(4,5)1(6)7/h1-9,15H,10-14H2;(H,6,7). The van der Waals surface area contributed by atoms with Crippen molar-refractivity contribution in [2.24, 2.45) is 5.92 Å². The molecule has 3 aromatic rings. The van der Waals surface area contributed by atoms with Gasteiger partial charge >= 0.3 is 12.1 Å². The zero-order valence-electron chi connectivity index (χ0n) is 16.0. The summed E-state index contributed by atoms with van der Waals surface area (Å²) in [4.78, 5) is 20.3. The lowest BCUT2D eigenvalue weighted by Gasteiger charge is -2.23. The van der Waals surface area contributed by atoms with Crippen LogP contribution in [0.15, 0.2) is 55.2 Å². The van der Waals surface area contributed by atoms with Gasteiger partial charge in [-0.1, -0.05) is 6.07 Å². The van der Waals surface area contributed by atoms with Gasteiger partial charge in [0, 0.05) is 63.1 Å². The van der Waals surface area contributed by atoms with Crippen LogP contribution in [0.3, 0.4) is 0 Å². The van der Waals surface area contributed by atoms with Crippen molar-refractivity contribution in [2.75, 3.05) is 6.54 Å². The lowest BCUT2D eigenvalue weighted by molar-refractivity contribution is -0.192. The van der Waals surface area contributed by atoms with Gasteiger partial charge in [-0.25, -0.2) is 9.78 Å². The molecule has 3 aromatic heterocycles. The topological polar surface area (TPSA) is 89.1 Å². The van der Waals surface area contributed by atoms with Crippen molar-refractivity contribution in [3.63, 3.8) is 0 Å². The molecule has 4 rings (SSSR count). The van der Waals surface area contributed by atoms with E-state index in [9.17, 15) is 13.2 Å². The van der Waals surface area contributed by atoms with Gasteiger partial charge in [-0.3, -0.25) is 14.6 Å². The smallest absolute Gasteiger partial charge is 0.475 e. The summed E-state index contributed by atoms with van der Waals surface area (Å²) in [6.07, 6.45) is 4.61. The lowest BCUT2D eigenvalue weighted by Crippen LogP contribution is -2.30. The molecule has 0 aromatic carbocycles. The minimum Gasteiger partial charge on any atom is -0.475 e. The molecule has 0 amide bonds. The molecule has 30 heavy (non-hydrogen) atoms. The molecule has 0 radical (unpaired) electrons. The molecule has 0 spiro atoms. The second-order valence-electron chi connectivity index (χ2n) is 6.88. The largest absolute Gasteiger partial charge is 0.490 e. The number of carboxylic acid groups (broad SMARTS) is 1. The highest BCUT2D eigenvalue weighted by molar-refractivity contribution is 5.73. The molecule has 1 aliphatic rings. The second kappa shape index (κ2) is 9.53. The number of hydrogen-bond donors (Lipinski definition) is 1.